The largest absolute Gasteiger partial charge is 0.378 e. The van der Waals surface area contributed by atoms with Gasteiger partial charge in [-0.3, -0.25) is 4.79 Å². The molecule has 0 aliphatic carbocycles. The number of anilines is 1. The lowest BCUT2D eigenvalue weighted by Gasteiger charge is -2.19. The Kier molecular flexibility index (Phi) is 4.39. The maximum Gasteiger partial charge on any atom is 0.251 e. The van der Waals surface area contributed by atoms with Crippen molar-refractivity contribution in [3.05, 3.63) is 29.8 Å². The van der Waals surface area contributed by atoms with Gasteiger partial charge in [0, 0.05) is 45.5 Å². The smallest absolute Gasteiger partial charge is 0.251 e. The molecule has 19 heavy (non-hydrogen) atoms. The first-order chi connectivity index (χ1) is 9.11. The van der Waals surface area contributed by atoms with Crippen molar-refractivity contribution in [2.45, 2.75) is 12.1 Å². The Morgan fingerprint density at radius 3 is 2.89 bits per heavy atom. The minimum absolute atomic E-state index is 0.0283. The topological polar surface area (TPSA) is 53.6 Å². The summed E-state index contributed by atoms with van der Waals surface area (Å²) < 4.78 is 5.34. The Morgan fingerprint density at radius 1 is 1.42 bits per heavy atom. The summed E-state index contributed by atoms with van der Waals surface area (Å²) >= 11 is 0. The van der Waals surface area contributed by atoms with Crippen LogP contribution in [0.3, 0.4) is 0 Å². The van der Waals surface area contributed by atoms with E-state index < -0.39 is 0 Å². The number of hydrogen-bond acceptors (Lipinski definition) is 4. The van der Waals surface area contributed by atoms with Crippen LogP contribution in [0.25, 0.3) is 0 Å². The number of methoxy groups -OCH3 is 1. The quantitative estimate of drug-likeness (QED) is 0.829. The van der Waals surface area contributed by atoms with E-state index in [1.807, 2.05) is 43.3 Å². The van der Waals surface area contributed by atoms with Gasteiger partial charge >= 0.3 is 0 Å². The zero-order valence-corrected chi connectivity index (χ0v) is 11.6. The van der Waals surface area contributed by atoms with Crippen LogP contribution in [0.15, 0.2) is 24.3 Å². The zero-order valence-electron chi connectivity index (χ0n) is 11.6. The number of amides is 1. The third-order valence-electron chi connectivity index (χ3n) is 3.40. The second-order valence-corrected chi connectivity index (χ2v) is 4.96. The van der Waals surface area contributed by atoms with Gasteiger partial charge in [-0.25, -0.2) is 0 Å². The lowest BCUT2D eigenvalue weighted by Crippen LogP contribution is -2.43. The van der Waals surface area contributed by atoms with E-state index in [-0.39, 0.29) is 18.1 Å². The highest BCUT2D eigenvalue weighted by Crippen LogP contribution is 2.14. The second kappa shape index (κ2) is 6.04. The van der Waals surface area contributed by atoms with E-state index >= 15 is 0 Å². The maximum atomic E-state index is 12.2. The number of benzene rings is 1. The molecule has 1 saturated heterocycles. The van der Waals surface area contributed by atoms with Gasteiger partial charge in [-0.2, -0.15) is 0 Å². The first-order valence-electron chi connectivity index (χ1n) is 6.43. The van der Waals surface area contributed by atoms with Crippen LogP contribution in [0.4, 0.5) is 5.69 Å². The maximum absolute atomic E-state index is 12.2. The van der Waals surface area contributed by atoms with Crippen molar-refractivity contribution in [1.82, 2.24) is 10.6 Å². The molecule has 0 aromatic heterocycles. The van der Waals surface area contributed by atoms with E-state index in [4.69, 9.17) is 4.74 Å². The van der Waals surface area contributed by atoms with Crippen molar-refractivity contribution < 1.29 is 9.53 Å². The summed E-state index contributed by atoms with van der Waals surface area (Å²) in [5.74, 6) is -0.0561. The number of carbonyl (C=O) groups is 1. The van der Waals surface area contributed by atoms with Crippen LogP contribution in [0.1, 0.15) is 10.4 Å². The Hall–Kier alpha value is -1.59. The highest BCUT2D eigenvalue weighted by atomic mass is 16.5. The normalized spacial score (nSPS) is 22.3. The fourth-order valence-corrected chi connectivity index (χ4v) is 2.22. The Labute approximate surface area is 113 Å². The summed E-state index contributed by atoms with van der Waals surface area (Å²) in [5.41, 5.74) is 1.69. The molecule has 1 aromatic carbocycles. The van der Waals surface area contributed by atoms with E-state index in [0.717, 1.165) is 18.8 Å². The molecule has 0 spiro atoms. The van der Waals surface area contributed by atoms with Crippen LogP contribution in [-0.2, 0) is 4.74 Å². The molecule has 1 amide bonds. The SMILES string of the molecule is CO[C@H]1CNCC1NC(=O)c1cccc(N(C)C)c1. The summed E-state index contributed by atoms with van der Waals surface area (Å²) in [5, 5.41) is 6.23. The Morgan fingerprint density at radius 2 is 2.21 bits per heavy atom. The van der Waals surface area contributed by atoms with Crippen molar-refractivity contribution in [3.8, 4) is 0 Å². The van der Waals surface area contributed by atoms with Crippen LogP contribution in [-0.4, -0.2) is 52.3 Å². The highest BCUT2D eigenvalue weighted by molar-refractivity contribution is 5.95. The molecule has 5 nitrogen and oxygen atoms in total. The number of rotatable bonds is 4. The Bertz CT molecular complexity index is 448. The summed E-state index contributed by atoms with van der Waals surface area (Å²) in [7, 11) is 5.58. The number of nitrogens with one attached hydrogen (secondary N) is 2. The third-order valence-corrected chi connectivity index (χ3v) is 3.40. The van der Waals surface area contributed by atoms with Gasteiger partial charge in [0.2, 0.25) is 0 Å². The van der Waals surface area contributed by atoms with Gasteiger partial charge in [0.1, 0.15) is 0 Å². The van der Waals surface area contributed by atoms with Gasteiger partial charge in [-0.15, -0.1) is 0 Å². The fourth-order valence-electron chi connectivity index (χ4n) is 2.22. The van der Waals surface area contributed by atoms with Crippen LogP contribution in [0.2, 0.25) is 0 Å². The van der Waals surface area contributed by atoms with Crippen LogP contribution >= 0.6 is 0 Å². The zero-order chi connectivity index (χ0) is 13.8. The number of nitrogens with zero attached hydrogens (tertiary/aromatic N) is 1. The second-order valence-electron chi connectivity index (χ2n) is 4.96. The molecule has 1 heterocycles. The molecule has 0 bridgehead atoms. The molecule has 1 fully saturated rings. The molecule has 5 heteroatoms. The van der Waals surface area contributed by atoms with Gasteiger partial charge < -0.3 is 20.3 Å². The minimum atomic E-state index is -0.0561. The van der Waals surface area contributed by atoms with Crippen LogP contribution < -0.4 is 15.5 Å². The van der Waals surface area contributed by atoms with Gasteiger partial charge in [-0.05, 0) is 18.2 Å². The van der Waals surface area contributed by atoms with Crippen LogP contribution in [0, 0.1) is 0 Å². The van der Waals surface area contributed by atoms with Gasteiger partial charge in [0.25, 0.3) is 5.91 Å². The standard InChI is InChI=1S/C14H21N3O2/c1-17(2)11-6-4-5-10(7-11)14(18)16-12-8-15-9-13(12)19-3/h4-7,12-13,15H,8-9H2,1-3H3,(H,16,18)/t12?,13-/m0/s1. The van der Waals surface area contributed by atoms with Gasteiger partial charge in [0.05, 0.1) is 12.1 Å². The van der Waals surface area contributed by atoms with Crippen molar-refractivity contribution >= 4 is 11.6 Å². The number of ether oxygens (including phenoxy) is 1. The molecular weight excluding hydrogens is 242 g/mol. The summed E-state index contributed by atoms with van der Waals surface area (Å²) in [6, 6.07) is 7.61. The summed E-state index contributed by atoms with van der Waals surface area (Å²) in [6.07, 6.45) is 0.0426. The van der Waals surface area contributed by atoms with E-state index in [1.165, 1.54) is 0 Å². The average Bonchev–Trinajstić information content (AvgIpc) is 2.86. The molecule has 1 aliphatic rings. The monoisotopic (exact) mass is 263 g/mol. The van der Waals surface area contributed by atoms with E-state index in [1.54, 1.807) is 7.11 Å². The lowest BCUT2D eigenvalue weighted by atomic mass is 10.1. The predicted molar refractivity (Wildman–Crippen MR) is 75.7 cm³/mol. The van der Waals surface area contributed by atoms with Crippen molar-refractivity contribution in [2.24, 2.45) is 0 Å². The molecule has 0 radical (unpaired) electrons. The van der Waals surface area contributed by atoms with Crippen molar-refractivity contribution in [1.29, 1.82) is 0 Å². The number of hydrogen-bond donors (Lipinski definition) is 2. The fraction of sp³-hybridized carbons (Fsp3) is 0.500. The molecule has 1 aliphatic heterocycles. The molecule has 1 aromatic rings. The van der Waals surface area contributed by atoms with E-state index in [9.17, 15) is 4.79 Å². The summed E-state index contributed by atoms with van der Waals surface area (Å²) in [6.45, 7) is 1.52. The third kappa shape index (κ3) is 3.24. The van der Waals surface area contributed by atoms with E-state index in [2.05, 4.69) is 10.6 Å². The first kappa shape index (κ1) is 13.8. The highest BCUT2D eigenvalue weighted by Gasteiger charge is 2.28. The minimum Gasteiger partial charge on any atom is -0.378 e. The van der Waals surface area contributed by atoms with Crippen molar-refractivity contribution in [3.63, 3.8) is 0 Å². The average molecular weight is 263 g/mol. The molecule has 2 rings (SSSR count). The lowest BCUT2D eigenvalue weighted by molar-refractivity contribution is 0.0780. The van der Waals surface area contributed by atoms with Gasteiger partial charge in [-0.1, -0.05) is 6.07 Å². The molecule has 2 atom stereocenters. The van der Waals surface area contributed by atoms with Crippen molar-refractivity contribution in [2.75, 3.05) is 39.2 Å². The summed E-state index contributed by atoms with van der Waals surface area (Å²) in [4.78, 5) is 14.2. The first-order valence-corrected chi connectivity index (χ1v) is 6.43. The molecule has 0 saturated carbocycles. The number of carbonyl (C=O) groups excluding carboxylic acids is 1. The molecule has 2 N–H and O–H groups in total. The Balaban J connectivity index is 2.05. The molecule has 104 valence electrons. The van der Waals surface area contributed by atoms with E-state index in [0.29, 0.717) is 5.56 Å². The molecular formula is C14H21N3O2. The van der Waals surface area contributed by atoms with Gasteiger partial charge in [0.15, 0.2) is 0 Å². The van der Waals surface area contributed by atoms with Crippen LogP contribution in [0.5, 0.6) is 0 Å². The molecule has 1 unspecified atom stereocenters. The predicted octanol–water partition coefficient (Wildman–Crippen LogP) is 0.469.